The normalized spacial score (nSPS) is 10.3. The van der Waals surface area contributed by atoms with Crippen LogP contribution in [0.25, 0.3) is 0 Å². The summed E-state index contributed by atoms with van der Waals surface area (Å²) in [5.74, 6) is 0. The molecule has 0 aliphatic heterocycles. The fourth-order valence-electron chi connectivity index (χ4n) is 1.49. The Morgan fingerprint density at radius 2 is 1.69 bits per heavy atom. The van der Waals surface area contributed by atoms with E-state index in [1.165, 1.54) is 10.5 Å². The number of aryl methyl sites for hydroxylation is 1. The molecule has 0 bridgehead atoms. The molecular formula is C14H15NS. The molecule has 1 nitrogen and oxygen atoms in total. The zero-order valence-corrected chi connectivity index (χ0v) is 10.1. The van der Waals surface area contributed by atoms with Gasteiger partial charge in [0.2, 0.25) is 0 Å². The van der Waals surface area contributed by atoms with Crippen LogP contribution in [-0.4, -0.2) is 0 Å². The molecule has 0 aliphatic carbocycles. The lowest BCUT2D eigenvalue weighted by Gasteiger charge is -2.05. The van der Waals surface area contributed by atoms with E-state index in [0.717, 1.165) is 17.0 Å². The molecule has 2 aromatic rings. The van der Waals surface area contributed by atoms with Crippen LogP contribution in [0, 0.1) is 0 Å². The highest BCUT2D eigenvalue weighted by atomic mass is 32.2. The molecule has 0 radical (unpaired) electrons. The third-order valence-electron chi connectivity index (χ3n) is 2.48. The minimum absolute atomic E-state index is 0.840. The van der Waals surface area contributed by atoms with Gasteiger partial charge >= 0.3 is 0 Å². The van der Waals surface area contributed by atoms with Gasteiger partial charge in [-0.15, -0.1) is 0 Å². The number of para-hydroxylation sites is 1. The van der Waals surface area contributed by atoms with Crippen LogP contribution in [0.5, 0.6) is 0 Å². The summed E-state index contributed by atoms with van der Waals surface area (Å²) in [4.78, 5) is 2.35. The molecule has 82 valence electrons. The second kappa shape index (κ2) is 5.08. The second-order valence-electron chi connectivity index (χ2n) is 3.64. The van der Waals surface area contributed by atoms with Crippen molar-refractivity contribution >= 4 is 17.4 Å². The first-order valence-electron chi connectivity index (χ1n) is 5.41. The number of rotatable bonds is 3. The van der Waals surface area contributed by atoms with Gasteiger partial charge in [0, 0.05) is 15.5 Å². The number of anilines is 1. The predicted octanol–water partition coefficient (Wildman–Crippen LogP) is 3.98. The van der Waals surface area contributed by atoms with Gasteiger partial charge in [-0.05, 0) is 36.2 Å². The minimum atomic E-state index is 0.840. The Kier molecular flexibility index (Phi) is 3.52. The van der Waals surface area contributed by atoms with Crippen LogP contribution in [-0.2, 0) is 6.42 Å². The molecule has 2 rings (SSSR count). The van der Waals surface area contributed by atoms with Crippen LogP contribution in [0.15, 0.2) is 58.3 Å². The number of hydrogen-bond acceptors (Lipinski definition) is 2. The van der Waals surface area contributed by atoms with Crippen LogP contribution in [0.3, 0.4) is 0 Å². The molecule has 0 fully saturated rings. The van der Waals surface area contributed by atoms with Gasteiger partial charge < -0.3 is 5.73 Å². The highest BCUT2D eigenvalue weighted by Gasteiger charge is 2.00. The summed E-state index contributed by atoms with van der Waals surface area (Å²) < 4.78 is 0. The lowest BCUT2D eigenvalue weighted by Crippen LogP contribution is -1.87. The van der Waals surface area contributed by atoms with E-state index < -0.39 is 0 Å². The van der Waals surface area contributed by atoms with Gasteiger partial charge in [-0.2, -0.15) is 0 Å². The number of nitrogens with two attached hydrogens (primary N) is 1. The van der Waals surface area contributed by atoms with Gasteiger partial charge in [0.1, 0.15) is 0 Å². The molecule has 2 aromatic carbocycles. The Balaban J connectivity index is 2.18. The molecule has 0 aromatic heterocycles. The first-order chi connectivity index (χ1) is 7.79. The number of benzene rings is 2. The molecule has 2 heteroatoms. The Labute approximate surface area is 101 Å². The van der Waals surface area contributed by atoms with Crippen molar-refractivity contribution in [2.24, 2.45) is 0 Å². The third-order valence-corrected chi connectivity index (χ3v) is 3.58. The summed E-state index contributed by atoms with van der Waals surface area (Å²) in [5, 5.41) is 0. The summed E-state index contributed by atoms with van der Waals surface area (Å²) in [6.45, 7) is 2.16. The topological polar surface area (TPSA) is 26.0 Å². The maximum Gasteiger partial charge on any atom is 0.0455 e. The minimum Gasteiger partial charge on any atom is -0.398 e. The van der Waals surface area contributed by atoms with Crippen molar-refractivity contribution < 1.29 is 0 Å². The first kappa shape index (κ1) is 11.1. The molecule has 0 saturated heterocycles. The zero-order valence-electron chi connectivity index (χ0n) is 9.31. The van der Waals surface area contributed by atoms with Gasteiger partial charge in [-0.25, -0.2) is 0 Å². The summed E-state index contributed by atoms with van der Waals surface area (Å²) in [6, 6.07) is 16.6. The molecule has 2 N–H and O–H groups in total. The first-order valence-corrected chi connectivity index (χ1v) is 6.22. The third kappa shape index (κ3) is 2.58. The zero-order chi connectivity index (χ0) is 11.4. The highest BCUT2D eigenvalue weighted by molar-refractivity contribution is 7.99. The molecule has 0 unspecified atom stereocenters. The molecule has 0 heterocycles. The van der Waals surface area contributed by atoms with Crippen LogP contribution in [0.2, 0.25) is 0 Å². The van der Waals surface area contributed by atoms with E-state index >= 15 is 0 Å². The van der Waals surface area contributed by atoms with Crippen molar-refractivity contribution in [1.82, 2.24) is 0 Å². The monoisotopic (exact) mass is 229 g/mol. The van der Waals surface area contributed by atoms with Crippen LogP contribution >= 0.6 is 11.8 Å². The average molecular weight is 229 g/mol. The molecule has 16 heavy (non-hydrogen) atoms. The summed E-state index contributed by atoms with van der Waals surface area (Å²) in [5.41, 5.74) is 8.11. The smallest absolute Gasteiger partial charge is 0.0455 e. The van der Waals surface area contributed by atoms with Crippen molar-refractivity contribution in [3.8, 4) is 0 Å². The number of hydrogen-bond donors (Lipinski definition) is 1. The fraction of sp³-hybridized carbons (Fsp3) is 0.143. The standard InChI is InChI=1S/C14H15NS/c1-2-11-7-9-12(10-8-11)16-14-6-4-3-5-13(14)15/h3-10H,2,15H2,1H3. The van der Waals surface area contributed by atoms with E-state index in [1.807, 2.05) is 24.3 Å². The summed E-state index contributed by atoms with van der Waals surface area (Å²) in [7, 11) is 0. The van der Waals surface area contributed by atoms with Gasteiger partial charge in [0.15, 0.2) is 0 Å². The van der Waals surface area contributed by atoms with E-state index in [1.54, 1.807) is 11.8 Å². The van der Waals surface area contributed by atoms with Gasteiger partial charge in [0.25, 0.3) is 0 Å². The Bertz CT molecular complexity index is 462. The van der Waals surface area contributed by atoms with Crippen molar-refractivity contribution in [3.63, 3.8) is 0 Å². The fourth-order valence-corrected chi connectivity index (χ4v) is 2.35. The predicted molar refractivity (Wildman–Crippen MR) is 70.8 cm³/mol. The van der Waals surface area contributed by atoms with E-state index in [0.29, 0.717) is 0 Å². The molecule has 0 amide bonds. The van der Waals surface area contributed by atoms with Gasteiger partial charge in [-0.3, -0.25) is 0 Å². The van der Waals surface area contributed by atoms with Crippen molar-refractivity contribution in [1.29, 1.82) is 0 Å². The Hall–Kier alpha value is -1.41. The Morgan fingerprint density at radius 3 is 2.31 bits per heavy atom. The van der Waals surface area contributed by atoms with Crippen molar-refractivity contribution in [3.05, 3.63) is 54.1 Å². The van der Waals surface area contributed by atoms with E-state index in [2.05, 4.69) is 31.2 Å². The highest BCUT2D eigenvalue weighted by Crippen LogP contribution is 2.31. The van der Waals surface area contributed by atoms with Crippen LogP contribution in [0.1, 0.15) is 12.5 Å². The van der Waals surface area contributed by atoms with Gasteiger partial charge in [0.05, 0.1) is 0 Å². The largest absolute Gasteiger partial charge is 0.398 e. The summed E-state index contributed by atoms with van der Waals surface area (Å²) in [6.07, 6.45) is 1.08. The van der Waals surface area contributed by atoms with E-state index in [9.17, 15) is 0 Å². The molecule has 0 spiro atoms. The molecular weight excluding hydrogens is 214 g/mol. The van der Waals surface area contributed by atoms with E-state index in [4.69, 9.17) is 5.73 Å². The Morgan fingerprint density at radius 1 is 1.00 bits per heavy atom. The maximum absolute atomic E-state index is 5.90. The lowest BCUT2D eigenvalue weighted by molar-refractivity contribution is 1.13. The van der Waals surface area contributed by atoms with Crippen molar-refractivity contribution in [2.75, 3.05) is 5.73 Å². The summed E-state index contributed by atoms with van der Waals surface area (Å²) >= 11 is 1.71. The maximum atomic E-state index is 5.90. The molecule has 0 saturated carbocycles. The average Bonchev–Trinajstić information content (AvgIpc) is 2.33. The van der Waals surface area contributed by atoms with Crippen LogP contribution < -0.4 is 5.73 Å². The molecule has 0 atom stereocenters. The van der Waals surface area contributed by atoms with Crippen LogP contribution in [0.4, 0.5) is 5.69 Å². The number of nitrogen functional groups attached to an aromatic ring is 1. The SMILES string of the molecule is CCc1ccc(Sc2ccccc2N)cc1. The second-order valence-corrected chi connectivity index (χ2v) is 4.75. The van der Waals surface area contributed by atoms with E-state index in [-0.39, 0.29) is 0 Å². The molecule has 0 aliphatic rings. The quantitative estimate of drug-likeness (QED) is 0.805. The lowest BCUT2D eigenvalue weighted by atomic mass is 10.2. The van der Waals surface area contributed by atoms with Gasteiger partial charge in [-0.1, -0.05) is 43.0 Å². The van der Waals surface area contributed by atoms with Crippen molar-refractivity contribution in [2.45, 2.75) is 23.1 Å².